The van der Waals surface area contributed by atoms with Crippen LogP contribution < -0.4 is 5.32 Å². The molecule has 0 spiro atoms. The second-order valence-electron chi connectivity index (χ2n) is 7.66. The Balaban J connectivity index is 0.00000169. The Kier molecular flexibility index (Phi) is 10.2. The van der Waals surface area contributed by atoms with Gasteiger partial charge in [-0.15, -0.1) is 24.8 Å². The van der Waals surface area contributed by atoms with E-state index in [1.165, 1.54) is 24.8 Å². The number of aliphatic hydroxyl groups is 1. The average Bonchev–Trinajstić information content (AvgIpc) is 2.60. The van der Waals surface area contributed by atoms with Crippen molar-refractivity contribution in [2.45, 2.75) is 62.5 Å². The molecule has 1 unspecified atom stereocenters. The number of nitrogens with one attached hydrogen (secondary N) is 1. The van der Waals surface area contributed by atoms with E-state index in [9.17, 15) is 5.11 Å². The van der Waals surface area contributed by atoms with E-state index in [2.05, 4.69) is 29.4 Å². The average molecular weight is 424 g/mol. The smallest absolute Gasteiger partial charge is 0.0728 e. The summed E-state index contributed by atoms with van der Waals surface area (Å²) in [5.41, 5.74) is 0.605. The van der Waals surface area contributed by atoms with Crippen LogP contribution in [0, 0.1) is 0 Å². The normalized spacial score (nSPS) is 24.2. The van der Waals surface area contributed by atoms with E-state index >= 15 is 0 Å². The molecule has 2 fully saturated rings. The Morgan fingerprint density at radius 3 is 2.62 bits per heavy atom. The van der Waals surface area contributed by atoms with Crippen molar-refractivity contribution in [2.24, 2.45) is 0 Å². The van der Waals surface area contributed by atoms with E-state index in [0.29, 0.717) is 6.04 Å². The number of rotatable bonds is 5. The van der Waals surface area contributed by atoms with E-state index in [1.807, 2.05) is 12.1 Å². The van der Waals surface area contributed by atoms with Crippen LogP contribution in [0.5, 0.6) is 0 Å². The molecule has 0 bridgehead atoms. The van der Waals surface area contributed by atoms with Crippen molar-refractivity contribution in [3.8, 4) is 0 Å². The van der Waals surface area contributed by atoms with Crippen LogP contribution in [0.1, 0.15) is 56.4 Å². The molecule has 26 heavy (non-hydrogen) atoms. The molecule has 0 amide bonds. The molecule has 1 heterocycles. The molecule has 2 aliphatic rings. The predicted molar refractivity (Wildman–Crippen MR) is 115 cm³/mol. The van der Waals surface area contributed by atoms with Gasteiger partial charge in [-0.05, 0) is 57.0 Å². The molecule has 0 aromatic heterocycles. The van der Waals surface area contributed by atoms with Crippen molar-refractivity contribution >= 4 is 36.4 Å². The van der Waals surface area contributed by atoms with Gasteiger partial charge in [-0.25, -0.2) is 0 Å². The minimum atomic E-state index is -0.588. The molecular formula is C20H33Cl3N2O. The minimum Gasteiger partial charge on any atom is -0.389 e. The van der Waals surface area contributed by atoms with Gasteiger partial charge in [-0.3, -0.25) is 0 Å². The maximum Gasteiger partial charge on any atom is 0.0728 e. The summed E-state index contributed by atoms with van der Waals surface area (Å²) in [5.74, 6) is 0.145. The number of halogens is 3. The molecule has 150 valence electrons. The van der Waals surface area contributed by atoms with Crippen LogP contribution in [-0.2, 0) is 0 Å². The Labute approximate surface area is 175 Å². The second-order valence-corrected chi connectivity index (χ2v) is 8.10. The number of likely N-dealkylation sites (N-methyl/N-ethyl adjacent to an activating group) is 1. The van der Waals surface area contributed by atoms with Gasteiger partial charge in [0.25, 0.3) is 0 Å². The van der Waals surface area contributed by atoms with Gasteiger partial charge in [0.2, 0.25) is 0 Å². The molecular weight excluding hydrogens is 391 g/mol. The molecule has 1 saturated heterocycles. The minimum absolute atomic E-state index is 0. The number of likely N-dealkylation sites (tertiary alicyclic amines) is 1. The third-order valence-corrected chi connectivity index (χ3v) is 6.21. The quantitative estimate of drug-likeness (QED) is 0.724. The molecule has 0 radical (unpaired) electrons. The number of nitrogens with zero attached hydrogens (tertiary/aromatic N) is 1. The maximum absolute atomic E-state index is 11.4. The van der Waals surface area contributed by atoms with Gasteiger partial charge in [0.15, 0.2) is 0 Å². The first-order valence-electron chi connectivity index (χ1n) is 9.48. The lowest BCUT2D eigenvalue weighted by Gasteiger charge is -2.43. The van der Waals surface area contributed by atoms with Gasteiger partial charge in [0.1, 0.15) is 0 Å². The third-order valence-electron chi connectivity index (χ3n) is 5.97. The Bertz CT molecular complexity index is 538. The third kappa shape index (κ3) is 5.98. The SMILES string of the molecule is CN[C@H]1CCCN(CC(c2cccc(Cl)c2)C2(O)CCCCC2)C1.Cl.Cl. The monoisotopic (exact) mass is 422 g/mol. The summed E-state index contributed by atoms with van der Waals surface area (Å²) in [5, 5.41) is 15.6. The molecule has 3 nitrogen and oxygen atoms in total. The first-order valence-corrected chi connectivity index (χ1v) is 9.86. The van der Waals surface area contributed by atoms with Crippen molar-refractivity contribution in [1.29, 1.82) is 0 Å². The number of benzene rings is 1. The van der Waals surface area contributed by atoms with Crippen molar-refractivity contribution in [1.82, 2.24) is 10.2 Å². The van der Waals surface area contributed by atoms with Gasteiger partial charge in [0, 0.05) is 30.1 Å². The maximum atomic E-state index is 11.4. The van der Waals surface area contributed by atoms with Crippen molar-refractivity contribution in [3.63, 3.8) is 0 Å². The molecule has 1 aromatic rings. The lowest BCUT2D eigenvalue weighted by Crippen LogP contribution is -2.49. The van der Waals surface area contributed by atoms with Gasteiger partial charge >= 0.3 is 0 Å². The van der Waals surface area contributed by atoms with Crippen LogP contribution in [0.2, 0.25) is 5.02 Å². The summed E-state index contributed by atoms with van der Waals surface area (Å²) in [4.78, 5) is 2.53. The number of hydrogen-bond acceptors (Lipinski definition) is 3. The fourth-order valence-electron chi connectivity index (χ4n) is 4.54. The van der Waals surface area contributed by atoms with Gasteiger partial charge in [-0.1, -0.05) is 43.0 Å². The molecule has 1 aliphatic carbocycles. The Morgan fingerprint density at radius 1 is 1.23 bits per heavy atom. The van der Waals surface area contributed by atoms with Crippen LogP contribution in [-0.4, -0.2) is 48.3 Å². The Hall–Kier alpha value is -0.0300. The first-order chi connectivity index (χ1) is 11.6. The second kappa shape index (κ2) is 11.1. The predicted octanol–water partition coefficient (Wildman–Crippen LogP) is 4.65. The zero-order chi connectivity index (χ0) is 17.0. The summed E-state index contributed by atoms with van der Waals surface area (Å²) in [6, 6.07) is 8.70. The molecule has 3 rings (SSSR count). The van der Waals surface area contributed by atoms with E-state index in [-0.39, 0.29) is 30.7 Å². The van der Waals surface area contributed by atoms with Crippen LogP contribution in [0.3, 0.4) is 0 Å². The summed E-state index contributed by atoms with van der Waals surface area (Å²) in [7, 11) is 2.05. The van der Waals surface area contributed by atoms with Crippen molar-refractivity contribution < 1.29 is 5.11 Å². The summed E-state index contributed by atoms with van der Waals surface area (Å²) in [6.07, 6.45) is 7.81. The fourth-order valence-corrected chi connectivity index (χ4v) is 4.74. The van der Waals surface area contributed by atoms with Crippen LogP contribution in [0.15, 0.2) is 24.3 Å². The number of hydrogen-bond donors (Lipinski definition) is 2. The summed E-state index contributed by atoms with van der Waals surface area (Å²) in [6.45, 7) is 3.13. The van der Waals surface area contributed by atoms with Gasteiger partial charge in [0.05, 0.1) is 5.60 Å². The highest BCUT2D eigenvalue weighted by atomic mass is 35.5. The highest BCUT2D eigenvalue weighted by Gasteiger charge is 2.40. The first kappa shape index (κ1) is 24.0. The van der Waals surface area contributed by atoms with Crippen molar-refractivity contribution in [2.75, 3.05) is 26.7 Å². The van der Waals surface area contributed by atoms with E-state index in [1.54, 1.807) is 0 Å². The van der Waals surface area contributed by atoms with Crippen LogP contribution in [0.25, 0.3) is 0 Å². The van der Waals surface area contributed by atoms with E-state index < -0.39 is 5.60 Å². The topological polar surface area (TPSA) is 35.5 Å². The largest absolute Gasteiger partial charge is 0.389 e. The molecule has 1 saturated carbocycles. The lowest BCUT2D eigenvalue weighted by molar-refractivity contribution is -0.0329. The highest BCUT2D eigenvalue weighted by Crippen LogP contribution is 2.41. The zero-order valence-electron chi connectivity index (χ0n) is 15.6. The van der Waals surface area contributed by atoms with Gasteiger partial charge in [-0.2, -0.15) is 0 Å². The lowest BCUT2D eigenvalue weighted by atomic mass is 9.72. The standard InChI is InChI=1S/C20H31ClN2O.2ClH/c1-22-18-9-6-12-23(14-18)15-19(16-7-5-8-17(21)13-16)20(24)10-3-2-4-11-20;;/h5,7-8,13,18-19,22,24H,2-4,6,9-12,14-15H2,1H3;2*1H/t18-,19?;;/m0../s1. The van der Waals surface area contributed by atoms with Crippen LogP contribution in [0.4, 0.5) is 0 Å². The molecule has 6 heteroatoms. The van der Waals surface area contributed by atoms with E-state index in [0.717, 1.165) is 50.3 Å². The summed E-state index contributed by atoms with van der Waals surface area (Å²) < 4.78 is 0. The van der Waals surface area contributed by atoms with Crippen LogP contribution >= 0.6 is 36.4 Å². The van der Waals surface area contributed by atoms with E-state index in [4.69, 9.17) is 11.6 Å². The van der Waals surface area contributed by atoms with Gasteiger partial charge < -0.3 is 15.3 Å². The highest BCUT2D eigenvalue weighted by molar-refractivity contribution is 6.30. The van der Waals surface area contributed by atoms with Crippen molar-refractivity contribution in [3.05, 3.63) is 34.9 Å². The number of piperidine rings is 1. The fraction of sp³-hybridized carbons (Fsp3) is 0.700. The Morgan fingerprint density at radius 2 is 1.96 bits per heavy atom. The molecule has 1 aliphatic heterocycles. The zero-order valence-corrected chi connectivity index (χ0v) is 18.0. The molecule has 2 atom stereocenters. The summed E-state index contributed by atoms with van der Waals surface area (Å²) >= 11 is 6.26. The molecule has 1 aromatic carbocycles. The molecule has 2 N–H and O–H groups in total.